The van der Waals surface area contributed by atoms with Crippen molar-refractivity contribution >= 4 is 22.6 Å². The molecule has 2 amide bonds. The molecule has 1 aliphatic heterocycles. The summed E-state index contributed by atoms with van der Waals surface area (Å²) in [5.74, 6) is 0.738. The first-order valence-electron chi connectivity index (χ1n) is 7.98. The van der Waals surface area contributed by atoms with Crippen molar-refractivity contribution in [3.05, 3.63) is 55.0 Å². The van der Waals surface area contributed by atoms with Gasteiger partial charge in [0, 0.05) is 36.3 Å². The van der Waals surface area contributed by atoms with Crippen LogP contribution in [-0.2, 0) is 0 Å². The number of rotatable bonds is 3. The maximum atomic E-state index is 12.5. The molecule has 0 radical (unpaired) electrons. The highest BCUT2D eigenvalue weighted by Gasteiger charge is 2.28. The van der Waals surface area contributed by atoms with Gasteiger partial charge in [-0.3, -0.25) is 4.98 Å². The second-order valence-electron chi connectivity index (χ2n) is 5.84. The molecule has 2 aromatic heterocycles. The fourth-order valence-electron chi connectivity index (χ4n) is 3.01. The number of hydrogen-bond acceptors (Lipinski definition) is 3. The summed E-state index contributed by atoms with van der Waals surface area (Å²) in [5, 5.41) is 4.00. The van der Waals surface area contributed by atoms with Crippen molar-refractivity contribution in [2.45, 2.75) is 12.5 Å². The third-order valence-electron chi connectivity index (χ3n) is 4.21. The molecule has 4 rings (SSSR count). The highest BCUT2D eigenvalue weighted by atomic mass is 16.5. The van der Waals surface area contributed by atoms with Crippen molar-refractivity contribution in [3.8, 4) is 5.75 Å². The van der Waals surface area contributed by atoms with Crippen LogP contribution in [0.4, 0.5) is 10.5 Å². The van der Waals surface area contributed by atoms with Crippen molar-refractivity contribution in [1.82, 2.24) is 14.9 Å². The summed E-state index contributed by atoms with van der Waals surface area (Å²) in [7, 11) is 0. The number of likely N-dealkylation sites (tertiary alicyclic amines) is 1. The molecule has 1 atom stereocenters. The van der Waals surface area contributed by atoms with Gasteiger partial charge in [0.2, 0.25) is 0 Å². The Morgan fingerprint density at radius 2 is 2.25 bits per heavy atom. The number of aromatic nitrogens is 2. The largest absolute Gasteiger partial charge is 0.487 e. The number of amides is 2. The molecular weight excluding hydrogens is 304 g/mol. The molecule has 6 heteroatoms. The molecule has 1 aliphatic rings. The van der Waals surface area contributed by atoms with E-state index in [1.165, 1.54) is 0 Å². The van der Waals surface area contributed by atoms with Crippen molar-refractivity contribution in [3.63, 3.8) is 0 Å². The van der Waals surface area contributed by atoms with Crippen molar-refractivity contribution in [2.24, 2.45) is 0 Å². The van der Waals surface area contributed by atoms with Crippen LogP contribution in [0.2, 0.25) is 0 Å². The number of H-pyrrole nitrogens is 1. The summed E-state index contributed by atoms with van der Waals surface area (Å²) in [4.78, 5) is 21.5. The van der Waals surface area contributed by atoms with Gasteiger partial charge in [0.15, 0.2) is 0 Å². The number of hydrogen-bond donors (Lipinski definition) is 2. The van der Waals surface area contributed by atoms with Gasteiger partial charge in [-0.25, -0.2) is 4.79 Å². The minimum atomic E-state index is -0.0963. The summed E-state index contributed by atoms with van der Waals surface area (Å²) < 4.78 is 5.87. The predicted octanol–water partition coefficient (Wildman–Crippen LogP) is 3.25. The van der Waals surface area contributed by atoms with E-state index in [9.17, 15) is 4.79 Å². The van der Waals surface area contributed by atoms with E-state index < -0.39 is 0 Å². The van der Waals surface area contributed by atoms with E-state index in [0.29, 0.717) is 13.1 Å². The zero-order chi connectivity index (χ0) is 16.4. The highest BCUT2D eigenvalue weighted by Crippen LogP contribution is 2.23. The highest BCUT2D eigenvalue weighted by molar-refractivity contribution is 6.00. The molecule has 1 saturated heterocycles. The third-order valence-corrected chi connectivity index (χ3v) is 4.21. The van der Waals surface area contributed by atoms with Gasteiger partial charge in [0.1, 0.15) is 11.9 Å². The third kappa shape index (κ3) is 2.90. The van der Waals surface area contributed by atoms with Gasteiger partial charge in [-0.2, -0.15) is 0 Å². The molecule has 1 fully saturated rings. The average Bonchev–Trinajstić information content (AvgIpc) is 3.25. The SMILES string of the molecule is O=C(Nc1cccc2[nH]ccc12)N1CC[C@@H](Oc2cccnc2)C1. The summed E-state index contributed by atoms with van der Waals surface area (Å²) in [6.45, 7) is 1.25. The molecule has 0 bridgehead atoms. The van der Waals surface area contributed by atoms with E-state index in [1.807, 2.05) is 42.6 Å². The van der Waals surface area contributed by atoms with Crippen LogP contribution in [0.3, 0.4) is 0 Å². The maximum Gasteiger partial charge on any atom is 0.321 e. The summed E-state index contributed by atoms with van der Waals surface area (Å²) in [6, 6.07) is 11.4. The molecule has 1 aromatic carbocycles. The normalized spacial score (nSPS) is 17.2. The lowest BCUT2D eigenvalue weighted by molar-refractivity contribution is 0.194. The van der Waals surface area contributed by atoms with E-state index in [0.717, 1.165) is 28.8 Å². The molecule has 3 heterocycles. The fraction of sp³-hybridized carbons (Fsp3) is 0.222. The maximum absolute atomic E-state index is 12.5. The van der Waals surface area contributed by atoms with Crippen LogP contribution in [0.25, 0.3) is 10.9 Å². The van der Waals surface area contributed by atoms with Crippen molar-refractivity contribution in [2.75, 3.05) is 18.4 Å². The smallest absolute Gasteiger partial charge is 0.321 e. The lowest BCUT2D eigenvalue weighted by Gasteiger charge is -2.18. The Hall–Kier alpha value is -3.02. The van der Waals surface area contributed by atoms with Crippen LogP contribution in [0.15, 0.2) is 55.0 Å². The molecule has 0 saturated carbocycles. The minimum absolute atomic E-state index is 0.00278. The minimum Gasteiger partial charge on any atom is -0.487 e. The first kappa shape index (κ1) is 14.6. The monoisotopic (exact) mass is 322 g/mol. The number of pyridine rings is 1. The Bertz CT molecular complexity index is 846. The van der Waals surface area contributed by atoms with Crippen LogP contribution in [-0.4, -0.2) is 40.1 Å². The summed E-state index contributed by atoms with van der Waals surface area (Å²) >= 11 is 0. The van der Waals surface area contributed by atoms with Gasteiger partial charge in [-0.05, 0) is 30.3 Å². The number of aromatic amines is 1. The lowest BCUT2D eigenvalue weighted by Crippen LogP contribution is -2.34. The molecular formula is C18H18N4O2. The molecule has 122 valence electrons. The van der Waals surface area contributed by atoms with Crippen LogP contribution in [0.1, 0.15) is 6.42 Å². The lowest BCUT2D eigenvalue weighted by atomic mass is 10.2. The van der Waals surface area contributed by atoms with Gasteiger partial charge < -0.3 is 19.9 Å². The van der Waals surface area contributed by atoms with E-state index >= 15 is 0 Å². The number of urea groups is 1. The number of ether oxygens (including phenoxy) is 1. The molecule has 0 spiro atoms. The van der Waals surface area contributed by atoms with Crippen molar-refractivity contribution < 1.29 is 9.53 Å². The topological polar surface area (TPSA) is 70.2 Å². The number of carbonyl (C=O) groups excluding carboxylic acids is 1. The van der Waals surface area contributed by atoms with Gasteiger partial charge in [0.05, 0.1) is 18.4 Å². The zero-order valence-corrected chi connectivity index (χ0v) is 13.1. The van der Waals surface area contributed by atoms with Gasteiger partial charge in [-0.1, -0.05) is 6.07 Å². The Labute approximate surface area is 139 Å². The number of fused-ring (bicyclic) bond motifs is 1. The molecule has 0 unspecified atom stereocenters. The first-order valence-corrected chi connectivity index (χ1v) is 7.98. The summed E-state index contributed by atoms with van der Waals surface area (Å²) in [5.41, 5.74) is 1.82. The number of nitrogens with one attached hydrogen (secondary N) is 2. The molecule has 6 nitrogen and oxygen atoms in total. The second kappa shape index (κ2) is 6.23. The Morgan fingerprint density at radius 3 is 3.12 bits per heavy atom. The quantitative estimate of drug-likeness (QED) is 0.777. The Kier molecular flexibility index (Phi) is 3.78. The van der Waals surface area contributed by atoms with E-state index in [1.54, 1.807) is 17.3 Å². The number of nitrogens with zero attached hydrogens (tertiary/aromatic N) is 2. The fourth-order valence-corrected chi connectivity index (χ4v) is 3.01. The van der Waals surface area contributed by atoms with Crippen LogP contribution < -0.4 is 10.1 Å². The van der Waals surface area contributed by atoms with E-state index in [2.05, 4.69) is 15.3 Å². The summed E-state index contributed by atoms with van der Waals surface area (Å²) in [6.07, 6.45) is 6.09. The number of anilines is 1. The van der Waals surface area contributed by atoms with Gasteiger partial charge in [-0.15, -0.1) is 0 Å². The Balaban J connectivity index is 1.40. The molecule has 2 N–H and O–H groups in total. The van der Waals surface area contributed by atoms with Crippen LogP contribution in [0, 0.1) is 0 Å². The molecule has 24 heavy (non-hydrogen) atoms. The second-order valence-corrected chi connectivity index (χ2v) is 5.84. The average molecular weight is 322 g/mol. The molecule has 3 aromatic rings. The van der Waals surface area contributed by atoms with E-state index in [-0.39, 0.29) is 12.1 Å². The molecule has 0 aliphatic carbocycles. The zero-order valence-electron chi connectivity index (χ0n) is 13.1. The predicted molar refractivity (Wildman–Crippen MR) is 92.2 cm³/mol. The standard InChI is InChI=1S/C18H18N4O2/c23-18(21-17-5-1-4-16-15(17)6-9-20-16)22-10-7-14(12-22)24-13-3-2-8-19-11-13/h1-6,8-9,11,14,20H,7,10,12H2,(H,21,23)/t14-/m1/s1. The number of benzene rings is 1. The van der Waals surface area contributed by atoms with Crippen molar-refractivity contribution in [1.29, 1.82) is 0 Å². The van der Waals surface area contributed by atoms with Crippen LogP contribution >= 0.6 is 0 Å². The van der Waals surface area contributed by atoms with Gasteiger partial charge in [0.25, 0.3) is 0 Å². The van der Waals surface area contributed by atoms with Crippen LogP contribution in [0.5, 0.6) is 5.75 Å². The number of carbonyl (C=O) groups is 1. The first-order chi connectivity index (χ1) is 11.8. The Morgan fingerprint density at radius 1 is 1.29 bits per heavy atom. The van der Waals surface area contributed by atoms with E-state index in [4.69, 9.17) is 4.74 Å². The van der Waals surface area contributed by atoms with Gasteiger partial charge >= 0.3 is 6.03 Å².